The maximum atomic E-state index is 14.9. The molecule has 8 aromatic heterocycles. The van der Waals surface area contributed by atoms with Gasteiger partial charge in [0.15, 0.2) is 0 Å². The number of carboxylic acid groups (broad SMARTS) is 3. The highest BCUT2D eigenvalue weighted by atomic mass is 35.5. The van der Waals surface area contributed by atoms with Crippen LogP contribution in [-0.4, -0.2) is 147 Å². The number of anilines is 2. The quantitative estimate of drug-likeness (QED) is 0.0449. The van der Waals surface area contributed by atoms with Crippen LogP contribution in [0.1, 0.15) is 191 Å². The normalized spacial score (nSPS) is 14.1. The van der Waals surface area contributed by atoms with Crippen molar-refractivity contribution in [1.82, 2.24) is 57.1 Å². The SMILES string of the molecule is Cc1cc(OCCCc2c3n(c4c(-c5c(C)nn(C)c5C)c(Cl)ccc24)CCN(c2cc(C(=O)O)c4ccn(C)c4c2)C3=O)cc(C)c1Cl.Cc1cc(OCCCc2c3n(c4c(-c5c(C)nn(C)c5C)c(Cl)ccc24)C[C@@H](C)N(c2cc(C(=O)O)c4ccn(C)c4c2)C3=O)cc(C)c1Cl.Cc1cc(OCCCc2c3n(c4c(-c5c(C)nn(C)c5C)c(Cl)ccc24)[C@H](C)CN(Cc2cccc(C(=O)O)c2)C3=O)cc(C)c1Cl. The topological polar surface area (TPSA) is 279 Å². The molecule has 32 heteroatoms. The van der Waals surface area contributed by atoms with Crippen molar-refractivity contribution in [2.75, 3.05) is 42.7 Å². The van der Waals surface area contributed by atoms with Crippen LogP contribution >= 0.6 is 69.6 Å². The fourth-order valence-electron chi connectivity index (χ4n) is 22.0. The van der Waals surface area contributed by atoms with E-state index in [2.05, 4.69) is 30.8 Å². The largest absolute Gasteiger partial charge is 0.494 e. The number of amides is 3. The number of fused-ring (bicyclic) bond motifs is 11. The third-order valence-electron chi connectivity index (χ3n) is 29.1. The number of carboxylic acids is 3. The first-order valence-corrected chi connectivity index (χ1v) is 50.9. The lowest BCUT2D eigenvalue weighted by Crippen LogP contribution is -2.47. The van der Waals surface area contributed by atoms with Gasteiger partial charge >= 0.3 is 17.9 Å². The van der Waals surface area contributed by atoms with Gasteiger partial charge in [0.25, 0.3) is 17.7 Å². The highest BCUT2D eigenvalue weighted by molar-refractivity contribution is 6.37. The predicted molar refractivity (Wildman–Crippen MR) is 581 cm³/mol. The van der Waals surface area contributed by atoms with Crippen molar-refractivity contribution in [3.8, 4) is 50.6 Å². The van der Waals surface area contributed by atoms with Crippen molar-refractivity contribution < 1.29 is 58.3 Å². The molecule has 0 aliphatic carbocycles. The molecule has 0 saturated carbocycles. The maximum absolute atomic E-state index is 14.9. The number of aryl methyl sites for hydroxylation is 17. The Hall–Kier alpha value is -13.7. The number of hydrogen-bond donors (Lipinski definition) is 3. The molecule has 3 amide bonds. The summed E-state index contributed by atoms with van der Waals surface area (Å²) in [6.45, 7) is 31.3. The van der Waals surface area contributed by atoms with Gasteiger partial charge in [-0.3, -0.25) is 28.4 Å². The number of carbonyl (C=O) groups is 6. The molecule has 3 N–H and O–H groups in total. The van der Waals surface area contributed by atoms with Crippen LogP contribution in [0.25, 0.3) is 87.9 Å². The predicted octanol–water partition coefficient (Wildman–Crippen LogP) is 25.8. The van der Waals surface area contributed by atoms with Gasteiger partial charge < -0.3 is 67.1 Å². The summed E-state index contributed by atoms with van der Waals surface area (Å²) in [6, 6.07) is 40.4. The fourth-order valence-corrected chi connectivity index (χ4v) is 23.1. The van der Waals surface area contributed by atoms with Crippen LogP contribution in [0.15, 0.2) is 146 Å². The molecule has 146 heavy (non-hydrogen) atoms. The van der Waals surface area contributed by atoms with Crippen LogP contribution in [0.3, 0.4) is 0 Å². The Morgan fingerprint density at radius 3 is 1.20 bits per heavy atom. The standard InChI is InChI=1S/C39H39Cl2N5O4.C38H37Cl2N5O4.C37H38Cl2N4O4/c1-20-15-26(16-21(2)35(20)41)50-14-8-9-28-29-10-11-31(40)34(33-23(4)42-44(7)24(33)5)36(29)45-19-22(3)46(38(47)37(28)45)25-17-30(39(48)49)27-12-13-43(6)32(27)18-25;1-20-16-25(17-21(2)34(20)40)49-15-7-8-27-28-9-10-30(39)33(32-22(3)41-43(6)23(32)4)35(28)45-14-13-44(37(46)36(27)45)24-18-29(38(47)48)26-11-12-42(5)31(26)19-24;1-20-15-27(16-21(2)33(20)39)47-14-8-11-28-29-12-13-30(38)32(31-23(4)40-41(6)24(31)5)34(29)43-22(3)18-42(36(44)35(28)43)19-25-9-7-10-26(17-25)37(45)46/h10-13,15-18,22H,8-9,14,19H2,1-7H3,(H,48,49);9-12,16-19H,7-8,13-15H2,1-6H3,(H,47,48);7,9-10,12-13,15-17,22H,8,11,14,18-19H2,1-6H3,(H,45,46)/t22-;;22-/m1.1/s1. The van der Waals surface area contributed by atoms with E-state index < -0.39 is 17.9 Å². The van der Waals surface area contributed by atoms with Gasteiger partial charge in [-0.2, -0.15) is 15.3 Å². The highest BCUT2D eigenvalue weighted by Gasteiger charge is 2.42. The van der Waals surface area contributed by atoms with E-state index in [-0.39, 0.29) is 46.5 Å². The second kappa shape index (κ2) is 40.6. The molecule has 11 heterocycles. The molecule has 20 rings (SSSR count). The van der Waals surface area contributed by atoms with Gasteiger partial charge in [0.2, 0.25) is 0 Å². The van der Waals surface area contributed by atoms with Crippen molar-refractivity contribution in [1.29, 1.82) is 0 Å². The van der Waals surface area contributed by atoms with Crippen molar-refractivity contribution in [3.63, 3.8) is 0 Å². The molecule has 0 spiro atoms. The van der Waals surface area contributed by atoms with Gasteiger partial charge in [-0.1, -0.05) is 99.9 Å². The lowest BCUT2D eigenvalue weighted by molar-refractivity contribution is 0.0660. The summed E-state index contributed by atoms with van der Waals surface area (Å²) in [6.07, 6.45) is 7.40. The molecule has 17 aromatic rings. The van der Waals surface area contributed by atoms with E-state index in [0.717, 1.165) is 199 Å². The number of aromatic nitrogens is 11. The molecule has 0 fully saturated rings. The number of halogens is 6. The first kappa shape index (κ1) is 102. The van der Waals surface area contributed by atoms with E-state index >= 15 is 0 Å². The Kier molecular flexibility index (Phi) is 28.4. The summed E-state index contributed by atoms with van der Waals surface area (Å²) >= 11 is 40.2. The van der Waals surface area contributed by atoms with Crippen LogP contribution in [0.2, 0.25) is 30.1 Å². The van der Waals surface area contributed by atoms with E-state index in [1.165, 1.54) is 0 Å². The Bertz CT molecular complexity index is 8230. The van der Waals surface area contributed by atoms with Gasteiger partial charge in [-0.25, -0.2) is 14.4 Å². The van der Waals surface area contributed by atoms with Crippen molar-refractivity contribution in [3.05, 3.63) is 300 Å². The summed E-state index contributed by atoms with van der Waals surface area (Å²) in [5, 5.41) is 51.9. The molecular formula is C114H114Cl6N14O12. The van der Waals surface area contributed by atoms with Crippen LogP contribution in [0.4, 0.5) is 11.4 Å². The minimum atomic E-state index is -1.04. The zero-order valence-electron chi connectivity index (χ0n) is 85.0. The van der Waals surface area contributed by atoms with Crippen molar-refractivity contribution in [2.24, 2.45) is 35.2 Å². The highest BCUT2D eigenvalue weighted by Crippen LogP contribution is 2.50. The minimum absolute atomic E-state index is 0.0765. The molecule has 9 aromatic carbocycles. The van der Waals surface area contributed by atoms with Gasteiger partial charge in [0.1, 0.15) is 34.3 Å². The zero-order chi connectivity index (χ0) is 104. The summed E-state index contributed by atoms with van der Waals surface area (Å²) in [5.74, 6) is -1.26. The zero-order valence-corrected chi connectivity index (χ0v) is 89.5. The molecule has 754 valence electrons. The van der Waals surface area contributed by atoms with E-state index in [9.17, 15) is 44.1 Å². The molecule has 0 bridgehead atoms. The third-order valence-corrected chi connectivity index (χ3v) is 31.8. The molecule has 26 nitrogen and oxygen atoms in total. The molecular weight excluding hydrogens is 1970 g/mol. The van der Waals surface area contributed by atoms with Crippen LogP contribution in [0.5, 0.6) is 17.2 Å². The van der Waals surface area contributed by atoms with Crippen molar-refractivity contribution in [2.45, 2.75) is 167 Å². The second-order valence-electron chi connectivity index (χ2n) is 38.9. The van der Waals surface area contributed by atoms with Crippen LogP contribution in [0, 0.1) is 83.1 Å². The number of benzene rings is 9. The van der Waals surface area contributed by atoms with Crippen LogP contribution < -0.4 is 24.0 Å². The van der Waals surface area contributed by atoms with Crippen LogP contribution in [-0.2, 0) is 74.1 Å². The number of carbonyl (C=O) groups excluding carboxylic acids is 3. The Labute approximate surface area is 875 Å². The number of hydrogen-bond acceptors (Lipinski definition) is 12. The molecule has 3 aliphatic heterocycles. The van der Waals surface area contributed by atoms with E-state index in [0.29, 0.717) is 145 Å². The van der Waals surface area contributed by atoms with Gasteiger partial charge in [0.05, 0.1) is 102 Å². The monoisotopic (exact) mass is 2080 g/mol. The van der Waals surface area contributed by atoms with Gasteiger partial charge in [0, 0.05) is 190 Å². The summed E-state index contributed by atoms with van der Waals surface area (Å²) in [5.41, 5.74) is 27.9. The Balaban J connectivity index is 0.000000144. The second-order valence-corrected chi connectivity index (χ2v) is 41.2. The Morgan fingerprint density at radius 2 is 0.788 bits per heavy atom. The number of rotatable bonds is 25. The Morgan fingerprint density at radius 1 is 0.397 bits per heavy atom. The molecule has 2 atom stereocenters. The van der Waals surface area contributed by atoms with E-state index in [1.807, 2.05) is 257 Å². The lowest BCUT2D eigenvalue weighted by Gasteiger charge is -2.36. The molecule has 0 radical (unpaired) electrons. The molecule has 0 saturated heterocycles. The summed E-state index contributed by atoms with van der Waals surface area (Å²) in [4.78, 5) is 85.8. The number of ether oxygens (including phenoxy) is 3. The minimum Gasteiger partial charge on any atom is -0.494 e. The maximum Gasteiger partial charge on any atom is 0.336 e. The first-order valence-electron chi connectivity index (χ1n) is 48.7. The number of aromatic carboxylic acids is 3. The van der Waals surface area contributed by atoms with E-state index in [1.54, 1.807) is 52.3 Å². The molecule has 3 aliphatic rings. The summed E-state index contributed by atoms with van der Waals surface area (Å²) < 4.78 is 34.2. The average Bonchev–Trinajstić information content (AvgIpc) is 1.56. The fraction of sp³-hybridized carbons (Fsp3) is 0.307. The third kappa shape index (κ3) is 18.5. The van der Waals surface area contributed by atoms with Gasteiger partial charge in [-0.15, -0.1) is 0 Å². The summed E-state index contributed by atoms with van der Waals surface area (Å²) in [7, 11) is 9.50. The van der Waals surface area contributed by atoms with E-state index in [4.69, 9.17) is 88.9 Å². The smallest absolute Gasteiger partial charge is 0.336 e. The lowest BCUT2D eigenvalue weighted by atomic mass is 9.98. The number of nitrogens with zero attached hydrogens (tertiary/aromatic N) is 14. The first-order chi connectivity index (χ1) is 69.5. The van der Waals surface area contributed by atoms with Gasteiger partial charge in [-0.05, 0) is 294 Å². The average molecular weight is 2080 g/mol. The molecule has 0 unspecified atom stereocenters. The van der Waals surface area contributed by atoms with Crippen molar-refractivity contribution >= 4 is 171 Å².